The number of piperidine rings is 1. The summed E-state index contributed by atoms with van der Waals surface area (Å²) in [4.78, 5) is 14.0. The molecule has 21 heavy (non-hydrogen) atoms. The van der Waals surface area contributed by atoms with Crippen LogP contribution >= 0.6 is 0 Å². The van der Waals surface area contributed by atoms with Gasteiger partial charge in [0.1, 0.15) is 0 Å². The van der Waals surface area contributed by atoms with Crippen molar-refractivity contribution >= 4 is 22.8 Å². The number of amides is 1. The molecule has 108 valence electrons. The lowest BCUT2D eigenvalue weighted by molar-refractivity contribution is -0.127. The van der Waals surface area contributed by atoms with Crippen molar-refractivity contribution in [3.8, 4) is 0 Å². The molecule has 1 heterocycles. The van der Waals surface area contributed by atoms with Crippen LogP contribution in [0, 0.1) is 0 Å². The molecule has 1 aliphatic rings. The van der Waals surface area contributed by atoms with Gasteiger partial charge in [0.15, 0.2) is 0 Å². The summed E-state index contributed by atoms with van der Waals surface area (Å²) < 4.78 is 0. The van der Waals surface area contributed by atoms with Gasteiger partial charge in [-0.1, -0.05) is 42.5 Å². The van der Waals surface area contributed by atoms with Crippen LogP contribution in [-0.2, 0) is 4.79 Å². The molecule has 0 unspecified atom stereocenters. The van der Waals surface area contributed by atoms with Crippen LogP contribution in [0.5, 0.6) is 0 Å². The first-order chi connectivity index (χ1) is 10.2. The van der Waals surface area contributed by atoms with Gasteiger partial charge in [-0.3, -0.25) is 4.79 Å². The lowest BCUT2D eigenvalue weighted by Crippen LogP contribution is -2.39. The predicted octanol–water partition coefficient (Wildman–Crippen LogP) is 2.84. The van der Waals surface area contributed by atoms with Crippen LogP contribution in [0.25, 0.3) is 16.8 Å². The summed E-state index contributed by atoms with van der Waals surface area (Å²) >= 11 is 0. The molecule has 3 heteroatoms. The molecule has 1 amide bonds. The van der Waals surface area contributed by atoms with E-state index in [4.69, 9.17) is 0 Å². The largest absolute Gasteiger partial charge is 0.393 e. The number of hydrogen-bond donors (Lipinski definition) is 1. The van der Waals surface area contributed by atoms with Crippen molar-refractivity contribution in [1.82, 2.24) is 4.90 Å². The molecule has 1 N–H and O–H groups in total. The van der Waals surface area contributed by atoms with Crippen LogP contribution in [0.1, 0.15) is 18.4 Å². The third-order valence-electron chi connectivity index (χ3n) is 4.00. The van der Waals surface area contributed by atoms with E-state index >= 15 is 0 Å². The molecule has 0 radical (unpaired) electrons. The van der Waals surface area contributed by atoms with Crippen molar-refractivity contribution in [1.29, 1.82) is 0 Å². The first-order valence-corrected chi connectivity index (χ1v) is 7.37. The van der Waals surface area contributed by atoms with E-state index in [1.165, 1.54) is 5.39 Å². The van der Waals surface area contributed by atoms with Gasteiger partial charge in [0.2, 0.25) is 5.91 Å². The van der Waals surface area contributed by atoms with Gasteiger partial charge in [0, 0.05) is 19.2 Å². The van der Waals surface area contributed by atoms with Gasteiger partial charge < -0.3 is 10.0 Å². The van der Waals surface area contributed by atoms with Crippen molar-refractivity contribution in [2.24, 2.45) is 0 Å². The Labute approximate surface area is 124 Å². The molecule has 0 saturated carbocycles. The van der Waals surface area contributed by atoms with Gasteiger partial charge >= 0.3 is 0 Å². The second-order valence-electron chi connectivity index (χ2n) is 5.46. The molecule has 1 saturated heterocycles. The van der Waals surface area contributed by atoms with Gasteiger partial charge in [0.05, 0.1) is 6.10 Å². The molecular weight excluding hydrogens is 262 g/mol. The minimum atomic E-state index is -0.254. The van der Waals surface area contributed by atoms with E-state index in [1.807, 2.05) is 30.3 Å². The predicted molar refractivity (Wildman–Crippen MR) is 84.8 cm³/mol. The number of carbonyl (C=O) groups is 1. The third-order valence-corrected chi connectivity index (χ3v) is 4.00. The van der Waals surface area contributed by atoms with E-state index in [9.17, 15) is 9.90 Å². The number of likely N-dealkylation sites (tertiary alicyclic amines) is 1. The Bertz CT molecular complexity index is 664. The maximum absolute atomic E-state index is 12.2. The highest BCUT2D eigenvalue weighted by molar-refractivity contribution is 5.96. The van der Waals surface area contributed by atoms with Gasteiger partial charge in [-0.15, -0.1) is 0 Å². The van der Waals surface area contributed by atoms with Crippen molar-refractivity contribution in [3.63, 3.8) is 0 Å². The van der Waals surface area contributed by atoms with Crippen LogP contribution < -0.4 is 0 Å². The molecule has 1 aliphatic heterocycles. The zero-order valence-electron chi connectivity index (χ0n) is 11.9. The number of benzene rings is 2. The summed E-state index contributed by atoms with van der Waals surface area (Å²) in [6.45, 7) is 1.28. The number of fused-ring (bicyclic) bond motifs is 1. The quantitative estimate of drug-likeness (QED) is 0.860. The Morgan fingerprint density at radius 3 is 2.62 bits per heavy atom. The molecule has 2 aromatic rings. The fourth-order valence-corrected chi connectivity index (χ4v) is 2.75. The number of rotatable bonds is 2. The van der Waals surface area contributed by atoms with E-state index in [2.05, 4.69) is 18.2 Å². The fourth-order valence-electron chi connectivity index (χ4n) is 2.75. The summed E-state index contributed by atoms with van der Waals surface area (Å²) in [6, 6.07) is 14.3. The van der Waals surface area contributed by atoms with E-state index < -0.39 is 0 Å². The van der Waals surface area contributed by atoms with Gasteiger partial charge in [-0.2, -0.15) is 0 Å². The summed E-state index contributed by atoms with van der Waals surface area (Å²) in [5, 5.41) is 11.8. The molecular formula is C18H19NO2. The Kier molecular flexibility index (Phi) is 4.02. The molecule has 0 spiro atoms. The van der Waals surface area contributed by atoms with Gasteiger partial charge in [0.25, 0.3) is 0 Å². The number of hydrogen-bond acceptors (Lipinski definition) is 2. The minimum absolute atomic E-state index is 0.0230. The second-order valence-corrected chi connectivity index (χ2v) is 5.46. The monoisotopic (exact) mass is 281 g/mol. The summed E-state index contributed by atoms with van der Waals surface area (Å²) in [6.07, 6.45) is 4.62. The van der Waals surface area contributed by atoms with E-state index in [0.29, 0.717) is 25.9 Å². The lowest BCUT2D eigenvalue weighted by atomic mass is 10.0. The summed E-state index contributed by atoms with van der Waals surface area (Å²) in [7, 11) is 0. The molecule has 3 rings (SSSR count). The highest BCUT2D eigenvalue weighted by atomic mass is 16.3. The van der Waals surface area contributed by atoms with Crippen molar-refractivity contribution in [2.75, 3.05) is 13.1 Å². The van der Waals surface area contributed by atoms with Gasteiger partial charge in [-0.25, -0.2) is 0 Å². The first-order valence-electron chi connectivity index (χ1n) is 7.37. The number of carbonyl (C=O) groups excluding carboxylic acids is 1. The normalized spacial score (nSPS) is 16.7. The Hall–Kier alpha value is -2.13. The molecule has 1 fully saturated rings. The Balaban J connectivity index is 1.77. The van der Waals surface area contributed by atoms with Crippen LogP contribution in [0.3, 0.4) is 0 Å². The average Bonchev–Trinajstić information content (AvgIpc) is 2.53. The number of aliphatic hydroxyl groups excluding tert-OH is 1. The van der Waals surface area contributed by atoms with E-state index in [-0.39, 0.29) is 12.0 Å². The molecule has 0 bridgehead atoms. The fraction of sp³-hybridized carbons (Fsp3) is 0.278. The van der Waals surface area contributed by atoms with Crippen molar-refractivity contribution in [2.45, 2.75) is 18.9 Å². The molecule has 0 aliphatic carbocycles. The third kappa shape index (κ3) is 3.14. The zero-order valence-corrected chi connectivity index (χ0v) is 11.9. The lowest BCUT2D eigenvalue weighted by Gasteiger charge is -2.28. The first kappa shape index (κ1) is 13.8. The minimum Gasteiger partial charge on any atom is -0.393 e. The van der Waals surface area contributed by atoms with Gasteiger partial charge in [-0.05, 0) is 35.3 Å². The molecule has 0 aromatic heterocycles. The summed E-state index contributed by atoms with van der Waals surface area (Å²) in [5.74, 6) is 0.0230. The van der Waals surface area contributed by atoms with Crippen molar-refractivity contribution < 1.29 is 9.90 Å². The number of aliphatic hydroxyl groups is 1. The van der Waals surface area contributed by atoms with Crippen LogP contribution in [0.4, 0.5) is 0 Å². The highest BCUT2D eigenvalue weighted by Crippen LogP contribution is 2.20. The molecule has 2 aromatic carbocycles. The molecule has 0 atom stereocenters. The Morgan fingerprint density at radius 2 is 1.81 bits per heavy atom. The van der Waals surface area contributed by atoms with Crippen LogP contribution in [0.15, 0.2) is 48.5 Å². The maximum atomic E-state index is 12.2. The smallest absolute Gasteiger partial charge is 0.246 e. The SMILES string of the molecule is O=C(C=Cc1cccc2ccccc12)N1CCC(O)CC1. The summed E-state index contributed by atoms with van der Waals surface area (Å²) in [5.41, 5.74) is 1.05. The average molecular weight is 281 g/mol. The highest BCUT2D eigenvalue weighted by Gasteiger charge is 2.19. The van der Waals surface area contributed by atoms with Crippen molar-refractivity contribution in [3.05, 3.63) is 54.1 Å². The standard InChI is InChI=1S/C18H19NO2/c20-16-10-12-19(13-11-16)18(21)9-8-15-6-3-5-14-4-1-2-7-17(14)15/h1-9,16,20H,10-13H2. The topological polar surface area (TPSA) is 40.5 Å². The maximum Gasteiger partial charge on any atom is 0.246 e. The van der Waals surface area contributed by atoms with Crippen LogP contribution in [-0.4, -0.2) is 35.1 Å². The Morgan fingerprint density at radius 1 is 1.10 bits per heavy atom. The number of nitrogens with zero attached hydrogens (tertiary/aromatic N) is 1. The second kappa shape index (κ2) is 6.10. The van der Waals surface area contributed by atoms with E-state index in [1.54, 1.807) is 11.0 Å². The van der Waals surface area contributed by atoms with E-state index in [0.717, 1.165) is 10.9 Å². The van der Waals surface area contributed by atoms with Crippen LogP contribution in [0.2, 0.25) is 0 Å². The zero-order chi connectivity index (χ0) is 14.7. The molecule has 3 nitrogen and oxygen atoms in total.